The van der Waals surface area contributed by atoms with E-state index in [4.69, 9.17) is 0 Å². The van der Waals surface area contributed by atoms with Gasteiger partial charge in [-0.3, -0.25) is 9.69 Å². The van der Waals surface area contributed by atoms with Crippen LogP contribution >= 0.6 is 11.3 Å². The molecule has 0 saturated carbocycles. The third-order valence-electron chi connectivity index (χ3n) is 4.26. The monoisotopic (exact) mass is 398 g/mol. The van der Waals surface area contributed by atoms with E-state index in [9.17, 15) is 13.6 Å². The highest BCUT2D eigenvalue weighted by molar-refractivity contribution is 7.22. The molecule has 4 rings (SSSR count). The Morgan fingerprint density at radius 3 is 2.64 bits per heavy atom. The third-order valence-corrected chi connectivity index (χ3v) is 5.30. The molecule has 0 spiro atoms. The number of fused-ring (bicyclic) bond motifs is 1. The maximum absolute atomic E-state index is 13.5. The first kappa shape index (κ1) is 18.2. The zero-order valence-corrected chi connectivity index (χ0v) is 15.6. The van der Waals surface area contributed by atoms with E-state index in [0.29, 0.717) is 40.4 Å². The van der Waals surface area contributed by atoms with E-state index in [1.807, 2.05) is 10.8 Å². The van der Waals surface area contributed by atoms with Crippen molar-refractivity contribution < 1.29 is 13.6 Å². The van der Waals surface area contributed by atoms with E-state index in [-0.39, 0.29) is 11.7 Å². The average Bonchev–Trinajstić information content (AvgIpc) is 3.34. The maximum Gasteiger partial charge on any atom is 0.260 e. The molecular formula is C20H16F2N4OS. The predicted octanol–water partition coefficient (Wildman–Crippen LogP) is 4.51. The van der Waals surface area contributed by atoms with Gasteiger partial charge < -0.3 is 4.57 Å². The number of hydrogen-bond acceptors (Lipinski definition) is 4. The topological polar surface area (TPSA) is 51.0 Å². The number of hydrogen-bond donors (Lipinski definition) is 0. The molecule has 0 aliphatic heterocycles. The molecule has 0 saturated heterocycles. The Labute approximate surface area is 163 Å². The van der Waals surface area contributed by atoms with Crippen LogP contribution in [0.3, 0.4) is 0 Å². The summed E-state index contributed by atoms with van der Waals surface area (Å²) < 4.78 is 29.3. The lowest BCUT2D eigenvalue weighted by molar-refractivity contribution is 0.0986. The fourth-order valence-corrected chi connectivity index (χ4v) is 3.88. The largest absolute Gasteiger partial charge is 0.337 e. The molecule has 28 heavy (non-hydrogen) atoms. The first-order valence-corrected chi connectivity index (χ1v) is 9.51. The van der Waals surface area contributed by atoms with E-state index in [0.717, 1.165) is 0 Å². The van der Waals surface area contributed by atoms with Crippen molar-refractivity contribution in [1.82, 2.24) is 14.5 Å². The van der Waals surface area contributed by atoms with Gasteiger partial charge in [0.25, 0.3) is 5.91 Å². The van der Waals surface area contributed by atoms with Gasteiger partial charge in [0.1, 0.15) is 11.6 Å². The highest BCUT2D eigenvalue weighted by Gasteiger charge is 2.21. The van der Waals surface area contributed by atoms with Crippen LogP contribution in [0.5, 0.6) is 0 Å². The Hall–Kier alpha value is -3.13. The molecule has 4 aromatic rings. The number of amides is 1. The normalized spacial score (nSPS) is 11.1. The Kier molecular flexibility index (Phi) is 5.12. The van der Waals surface area contributed by atoms with E-state index < -0.39 is 5.82 Å². The fourth-order valence-electron chi connectivity index (χ4n) is 2.86. The summed E-state index contributed by atoms with van der Waals surface area (Å²) in [6, 6.07) is 9.76. The van der Waals surface area contributed by atoms with Gasteiger partial charge in [-0.25, -0.2) is 18.7 Å². The average molecular weight is 398 g/mol. The zero-order valence-electron chi connectivity index (χ0n) is 14.8. The summed E-state index contributed by atoms with van der Waals surface area (Å²) in [6.45, 7) is 1.10. The third kappa shape index (κ3) is 3.91. The first-order chi connectivity index (χ1) is 13.6. The van der Waals surface area contributed by atoms with E-state index >= 15 is 0 Å². The Balaban J connectivity index is 1.62. The number of anilines is 1. The van der Waals surface area contributed by atoms with Gasteiger partial charge in [0.05, 0.1) is 16.5 Å². The molecule has 5 nitrogen and oxygen atoms in total. The Morgan fingerprint density at radius 2 is 1.89 bits per heavy atom. The SMILES string of the molecule is O=C(c1ccc(F)cc1)N(CCCn1ccnc1)c1nc2ccc(F)cc2s1. The van der Waals surface area contributed by atoms with Crippen LogP contribution in [0.4, 0.5) is 13.9 Å². The molecule has 0 radical (unpaired) electrons. The molecule has 0 N–H and O–H groups in total. The molecule has 1 amide bonds. The minimum absolute atomic E-state index is 0.273. The van der Waals surface area contributed by atoms with Gasteiger partial charge >= 0.3 is 0 Å². The molecule has 0 atom stereocenters. The lowest BCUT2D eigenvalue weighted by Crippen LogP contribution is -2.32. The van der Waals surface area contributed by atoms with Crippen molar-refractivity contribution >= 4 is 32.6 Å². The fraction of sp³-hybridized carbons (Fsp3) is 0.150. The molecule has 2 aromatic heterocycles. The second kappa shape index (κ2) is 7.85. The van der Waals surface area contributed by atoms with Crippen molar-refractivity contribution in [2.45, 2.75) is 13.0 Å². The number of nitrogens with zero attached hydrogens (tertiary/aromatic N) is 4. The van der Waals surface area contributed by atoms with Gasteiger partial charge in [-0.15, -0.1) is 0 Å². The second-order valence-corrected chi connectivity index (χ2v) is 7.24. The van der Waals surface area contributed by atoms with Crippen molar-refractivity contribution in [2.75, 3.05) is 11.4 Å². The zero-order chi connectivity index (χ0) is 19.5. The molecule has 0 aliphatic rings. The quantitative estimate of drug-likeness (QED) is 0.480. The van der Waals surface area contributed by atoms with Crippen LogP contribution in [0, 0.1) is 11.6 Å². The Morgan fingerprint density at radius 1 is 1.11 bits per heavy atom. The molecule has 0 aliphatic carbocycles. The van der Waals surface area contributed by atoms with Crippen molar-refractivity contribution in [3.8, 4) is 0 Å². The van der Waals surface area contributed by atoms with Crippen LogP contribution in [0.1, 0.15) is 16.8 Å². The summed E-state index contributed by atoms with van der Waals surface area (Å²) in [7, 11) is 0. The van der Waals surface area contributed by atoms with Gasteiger partial charge in [-0.05, 0) is 48.9 Å². The molecule has 142 valence electrons. The summed E-state index contributed by atoms with van der Waals surface area (Å²) in [5.74, 6) is -1.02. The maximum atomic E-state index is 13.5. The number of aryl methyl sites for hydroxylation is 1. The van der Waals surface area contributed by atoms with Crippen LogP contribution in [0.2, 0.25) is 0 Å². The molecule has 8 heteroatoms. The highest BCUT2D eigenvalue weighted by atomic mass is 32.1. The minimum atomic E-state index is -0.404. The summed E-state index contributed by atoms with van der Waals surface area (Å²) in [5.41, 5.74) is 1.00. The van der Waals surface area contributed by atoms with Crippen molar-refractivity contribution in [3.05, 3.63) is 78.4 Å². The van der Waals surface area contributed by atoms with Crippen LogP contribution in [-0.4, -0.2) is 27.0 Å². The van der Waals surface area contributed by atoms with Gasteiger partial charge in [0, 0.05) is 31.0 Å². The lowest BCUT2D eigenvalue weighted by atomic mass is 10.2. The number of thiazole rings is 1. The first-order valence-electron chi connectivity index (χ1n) is 8.69. The van der Waals surface area contributed by atoms with Crippen LogP contribution in [0.15, 0.2) is 61.2 Å². The van der Waals surface area contributed by atoms with Crippen LogP contribution in [-0.2, 0) is 6.54 Å². The number of halogens is 2. The summed E-state index contributed by atoms with van der Waals surface area (Å²) in [4.78, 5) is 23.1. The van der Waals surface area contributed by atoms with Crippen LogP contribution in [0.25, 0.3) is 10.2 Å². The summed E-state index contributed by atoms with van der Waals surface area (Å²) in [6.07, 6.45) is 5.94. The van der Waals surface area contributed by atoms with E-state index in [1.165, 1.54) is 47.7 Å². The standard InChI is InChI=1S/C20H16F2N4OS/c21-15-4-2-14(3-5-15)19(27)26(10-1-9-25-11-8-23-13-25)20-24-17-7-6-16(22)12-18(17)28-20/h2-8,11-13H,1,9-10H2. The van der Waals surface area contributed by atoms with Crippen molar-refractivity contribution in [2.24, 2.45) is 0 Å². The van der Waals surface area contributed by atoms with Gasteiger partial charge in [0.15, 0.2) is 5.13 Å². The van der Waals surface area contributed by atoms with Crippen molar-refractivity contribution in [1.29, 1.82) is 0 Å². The van der Waals surface area contributed by atoms with Crippen molar-refractivity contribution in [3.63, 3.8) is 0 Å². The molecule has 0 unspecified atom stereocenters. The summed E-state index contributed by atoms with van der Waals surface area (Å²) >= 11 is 1.25. The van der Waals surface area contributed by atoms with Gasteiger partial charge in [-0.1, -0.05) is 11.3 Å². The van der Waals surface area contributed by atoms with Gasteiger partial charge in [-0.2, -0.15) is 0 Å². The number of rotatable bonds is 6. The number of imidazole rings is 1. The number of carbonyl (C=O) groups excluding carboxylic acids is 1. The van der Waals surface area contributed by atoms with E-state index in [1.54, 1.807) is 23.5 Å². The molecule has 0 fully saturated rings. The molecule has 2 heterocycles. The predicted molar refractivity (Wildman–Crippen MR) is 104 cm³/mol. The lowest BCUT2D eigenvalue weighted by Gasteiger charge is -2.20. The number of carbonyl (C=O) groups is 1. The molecule has 0 bridgehead atoms. The smallest absolute Gasteiger partial charge is 0.260 e. The number of aromatic nitrogens is 3. The Bertz CT molecular complexity index is 1090. The molecular weight excluding hydrogens is 382 g/mol. The van der Waals surface area contributed by atoms with Crippen LogP contribution < -0.4 is 4.90 Å². The van der Waals surface area contributed by atoms with Gasteiger partial charge in [0.2, 0.25) is 0 Å². The molecule has 2 aromatic carbocycles. The number of benzene rings is 2. The second-order valence-electron chi connectivity index (χ2n) is 6.23. The minimum Gasteiger partial charge on any atom is -0.337 e. The summed E-state index contributed by atoms with van der Waals surface area (Å²) in [5, 5.41) is 0.487. The van der Waals surface area contributed by atoms with E-state index in [2.05, 4.69) is 9.97 Å². The highest BCUT2D eigenvalue weighted by Crippen LogP contribution is 2.30.